The summed E-state index contributed by atoms with van der Waals surface area (Å²) in [6, 6.07) is 3.97. The van der Waals surface area contributed by atoms with Crippen LogP contribution in [-0.4, -0.2) is 52.2 Å². The summed E-state index contributed by atoms with van der Waals surface area (Å²) in [7, 11) is 0. The number of carboxylic acids is 1. The number of aliphatic hydroxyl groups excluding tert-OH is 1. The van der Waals surface area contributed by atoms with Gasteiger partial charge in [0.25, 0.3) is 0 Å². The summed E-state index contributed by atoms with van der Waals surface area (Å²) in [6.07, 6.45) is -0.630. The Kier molecular flexibility index (Phi) is 5.05. The van der Waals surface area contributed by atoms with Gasteiger partial charge in [0.05, 0.1) is 28.4 Å². The minimum Gasteiger partial charge on any atom is -0.480 e. The molecule has 1 aromatic rings. The second kappa shape index (κ2) is 6.62. The van der Waals surface area contributed by atoms with Crippen molar-refractivity contribution in [1.29, 1.82) is 0 Å². The summed E-state index contributed by atoms with van der Waals surface area (Å²) in [4.78, 5) is 24.5. The van der Waals surface area contributed by atoms with Gasteiger partial charge in [0, 0.05) is 13.0 Å². The Morgan fingerprint density at radius 1 is 1.38 bits per heavy atom. The summed E-state index contributed by atoms with van der Waals surface area (Å²) < 4.78 is 0. The molecule has 1 fully saturated rings. The zero-order chi connectivity index (χ0) is 15.6. The molecule has 114 valence electrons. The third-order valence-corrected chi connectivity index (χ3v) is 4.06. The summed E-state index contributed by atoms with van der Waals surface area (Å²) >= 11 is 11.8. The van der Waals surface area contributed by atoms with Gasteiger partial charge in [-0.05, 0) is 12.1 Å². The van der Waals surface area contributed by atoms with Crippen LogP contribution in [0, 0.1) is 0 Å². The van der Waals surface area contributed by atoms with Gasteiger partial charge >= 0.3 is 5.97 Å². The van der Waals surface area contributed by atoms with Gasteiger partial charge in [-0.3, -0.25) is 14.5 Å². The van der Waals surface area contributed by atoms with E-state index in [1.165, 1.54) is 4.90 Å². The van der Waals surface area contributed by atoms with E-state index in [9.17, 15) is 14.7 Å². The molecule has 0 spiro atoms. The number of carboxylic acid groups (broad SMARTS) is 1. The van der Waals surface area contributed by atoms with Crippen molar-refractivity contribution in [2.24, 2.45) is 0 Å². The predicted octanol–water partition coefficient (Wildman–Crippen LogP) is 1.45. The monoisotopic (exact) mass is 332 g/mol. The molecule has 3 N–H and O–H groups in total. The molecule has 1 heterocycles. The molecular formula is C13H14Cl2N2O4. The molecule has 0 aliphatic carbocycles. The molecule has 21 heavy (non-hydrogen) atoms. The fourth-order valence-corrected chi connectivity index (χ4v) is 2.63. The van der Waals surface area contributed by atoms with Crippen LogP contribution < -0.4 is 5.32 Å². The number of benzene rings is 1. The van der Waals surface area contributed by atoms with Gasteiger partial charge in [-0.25, -0.2) is 0 Å². The van der Waals surface area contributed by atoms with Gasteiger partial charge in [0.15, 0.2) is 0 Å². The first-order valence-electron chi connectivity index (χ1n) is 6.27. The van der Waals surface area contributed by atoms with Crippen molar-refractivity contribution in [3.8, 4) is 0 Å². The quantitative estimate of drug-likeness (QED) is 0.776. The minimum atomic E-state index is -1.06. The molecular weight excluding hydrogens is 319 g/mol. The number of halogens is 2. The largest absolute Gasteiger partial charge is 0.480 e. The third kappa shape index (κ3) is 3.85. The highest BCUT2D eigenvalue weighted by molar-refractivity contribution is 6.44. The van der Waals surface area contributed by atoms with E-state index in [1.807, 2.05) is 0 Å². The molecule has 1 saturated heterocycles. The van der Waals surface area contributed by atoms with E-state index in [1.54, 1.807) is 18.2 Å². The Balaban J connectivity index is 2.01. The Morgan fingerprint density at radius 2 is 2.10 bits per heavy atom. The van der Waals surface area contributed by atoms with Crippen molar-refractivity contribution in [1.82, 2.24) is 4.90 Å². The SMILES string of the molecule is O=C(CN1CC(O)CC1C(=O)O)Nc1cccc(Cl)c1Cl. The molecule has 6 nitrogen and oxygen atoms in total. The highest BCUT2D eigenvalue weighted by Gasteiger charge is 2.36. The molecule has 8 heteroatoms. The number of carbonyl (C=O) groups excluding carboxylic acids is 1. The van der Waals surface area contributed by atoms with Gasteiger partial charge in [0.2, 0.25) is 5.91 Å². The van der Waals surface area contributed by atoms with Crippen molar-refractivity contribution >= 4 is 40.8 Å². The Bertz CT molecular complexity index is 567. The van der Waals surface area contributed by atoms with E-state index in [0.29, 0.717) is 10.7 Å². The molecule has 2 rings (SSSR count). The smallest absolute Gasteiger partial charge is 0.321 e. The molecule has 0 bridgehead atoms. The van der Waals surface area contributed by atoms with E-state index in [-0.39, 0.29) is 24.5 Å². The first kappa shape index (κ1) is 16.0. The summed E-state index contributed by atoms with van der Waals surface area (Å²) in [5.41, 5.74) is 0.362. The maximum atomic E-state index is 12.0. The third-order valence-electron chi connectivity index (χ3n) is 3.24. The molecule has 0 saturated carbocycles. The van der Waals surface area contributed by atoms with Crippen molar-refractivity contribution in [3.63, 3.8) is 0 Å². The van der Waals surface area contributed by atoms with Crippen LogP contribution in [0.15, 0.2) is 18.2 Å². The maximum absolute atomic E-state index is 12.0. The van der Waals surface area contributed by atoms with Crippen LogP contribution in [0.5, 0.6) is 0 Å². The molecule has 1 aromatic carbocycles. The number of anilines is 1. The molecule has 2 atom stereocenters. The Morgan fingerprint density at radius 3 is 2.76 bits per heavy atom. The second-order valence-corrected chi connectivity index (χ2v) is 5.61. The molecule has 2 unspecified atom stereocenters. The lowest BCUT2D eigenvalue weighted by molar-refractivity contribution is -0.142. The highest BCUT2D eigenvalue weighted by Crippen LogP contribution is 2.29. The van der Waals surface area contributed by atoms with Crippen LogP contribution in [0.4, 0.5) is 5.69 Å². The zero-order valence-corrected chi connectivity index (χ0v) is 12.4. The number of likely N-dealkylation sites (tertiary alicyclic amines) is 1. The van der Waals surface area contributed by atoms with E-state index in [4.69, 9.17) is 28.3 Å². The number of aliphatic hydroxyl groups is 1. The fraction of sp³-hybridized carbons (Fsp3) is 0.385. The molecule has 1 aliphatic rings. The molecule has 0 radical (unpaired) electrons. The molecule has 0 aromatic heterocycles. The van der Waals surface area contributed by atoms with E-state index in [0.717, 1.165) is 0 Å². The first-order chi connectivity index (χ1) is 9.88. The van der Waals surface area contributed by atoms with Gasteiger partial charge < -0.3 is 15.5 Å². The average molecular weight is 333 g/mol. The first-order valence-corrected chi connectivity index (χ1v) is 7.03. The Labute approximate surface area is 131 Å². The lowest BCUT2D eigenvalue weighted by Crippen LogP contribution is -2.41. The fourth-order valence-electron chi connectivity index (χ4n) is 2.29. The summed E-state index contributed by atoms with van der Waals surface area (Å²) in [5, 5.41) is 21.7. The Hall–Kier alpha value is -1.34. The van der Waals surface area contributed by atoms with Crippen LogP contribution in [0.3, 0.4) is 0 Å². The topological polar surface area (TPSA) is 89.9 Å². The van der Waals surface area contributed by atoms with Crippen molar-refractivity contribution < 1.29 is 19.8 Å². The number of amides is 1. The van der Waals surface area contributed by atoms with Crippen molar-refractivity contribution in [2.45, 2.75) is 18.6 Å². The van der Waals surface area contributed by atoms with Crippen molar-refractivity contribution in [3.05, 3.63) is 28.2 Å². The number of hydrogen-bond acceptors (Lipinski definition) is 4. The van der Waals surface area contributed by atoms with Crippen LogP contribution in [0.25, 0.3) is 0 Å². The van der Waals surface area contributed by atoms with Crippen LogP contribution in [-0.2, 0) is 9.59 Å². The normalized spacial score (nSPS) is 22.2. The molecule has 1 amide bonds. The van der Waals surface area contributed by atoms with Gasteiger partial charge in [-0.2, -0.15) is 0 Å². The number of nitrogens with zero attached hydrogens (tertiary/aromatic N) is 1. The predicted molar refractivity (Wildman–Crippen MR) is 78.7 cm³/mol. The van der Waals surface area contributed by atoms with E-state index in [2.05, 4.69) is 5.32 Å². The minimum absolute atomic E-state index is 0.112. The maximum Gasteiger partial charge on any atom is 0.321 e. The zero-order valence-electron chi connectivity index (χ0n) is 10.9. The van der Waals surface area contributed by atoms with Gasteiger partial charge in [-0.15, -0.1) is 0 Å². The summed E-state index contributed by atoms with van der Waals surface area (Å²) in [5.74, 6) is -1.47. The number of hydrogen-bond donors (Lipinski definition) is 3. The number of rotatable bonds is 4. The van der Waals surface area contributed by atoms with E-state index < -0.39 is 24.0 Å². The number of nitrogens with one attached hydrogen (secondary N) is 1. The van der Waals surface area contributed by atoms with Crippen LogP contribution >= 0.6 is 23.2 Å². The molecule has 1 aliphatic heterocycles. The van der Waals surface area contributed by atoms with Gasteiger partial charge in [-0.1, -0.05) is 29.3 Å². The average Bonchev–Trinajstić information content (AvgIpc) is 2.76. The lowest BCUT2D eigenvalue weighted by Gasteiger charge is -2.20. The van der Waals surface area contributed by atoms with Crippen LogP contribution in [0.1, 0.15) is 6.42 Å². The number of carbonyl (C=O) groups is 2. The van der Waals surface area contributed by atoms with Gasteiger partial charge in [0.1, 0.15) is 6.04 Å². The lowest BCUT2D eigenvalue weighted by atomic mass is 10.2. The number of β-amino-alcohol motifs (C(OH)–C–C–N with tert-alkyl or cyclic N) is 1. The second-order valence-electron chi connectivity index (χ2n) is 4.82. The van der Waals surface area contributed by atoms with E-state index >= 15 is 0 Å². The highest BCUT2D eigenvalue weighted by atomic mass is 35.5. The van der Waals surface area contributed by atoms with Crippen molar-refractivity contribution in [2.75, 3.05) is 18.4 Å². The standard InChI is InChI=1S/C13H14Cl2N2O4/c14-8-2-1-3-9(12(8)15)16-11(19)6-17-5-7(18)4-10(17)13(20)21/h1-3,7,10,18H,4-6H2,(H,16,19)(H,20,21). The number of aliphatic carboxylic acids is 1. The summed E-state index contributed by atoms with van der Waals surface area (Å²) in [6.45, 7) is 0.00450. The van der Waals surface area contributed by atoms with Crippen LogP contribution in [0.2, 0.25) is 10.0 Å².